The number of likely N-dealkylation sites (tertiary alicyclic amines) is 1. The van der Waals surface area contributed by atoms with Gasteiger partial charge in [-0.2, -0.15) is 0 Å². The SMILES string of the molecule is CC1(C)CC(NC(=O)N2CCCC(n3cc(CO)nn3)C2)CC(C)(C)N1. The van der Waals surface area contributed by atoms with Gasteiger partial charge in [-0.3, -0.25) is 0 Å². The Hall–Kier alpha value is -1.67. The summed E-state index contributed by atoms with van der Waals surface area (Å²) in [5.41, 5.74) is 0.572. The highest BCUT2D eigenvalue weighted by atomic mass is 16.3. The molecule has 8 heteroatoms. The van der Waals surface area contributed by atoms with Gasteiger partial charge in [0.15, 0.2) is 0 Å². The monoisotopic (exact) mass is 364 g/mol. The highest BCUT2D eigenvalue weighted by molar-refractivity contribution is 5.74. The average Bonchev–Trinajstić information content (AvgIpc) is 3.01. The molecule has 0 bridgehead atoms. The minimum absolute atomic E-state index is 0.00551. The molecule has 2 aliphatic heterocycles. The van der Waals surface area contributed by atoms with Crippen LogP contribution in [0.4, 0.5) is 4.79 Å². The van der Waals surface area contributed by atoms with Crippen LogP contribution in [-0.4, -0.2) is 61.2 Å². The fraction of sp³-hybridized carbons (Fsp3) is 0.833. The highest BCUT2D eigenvalue weighted by Gasteiger charge is 2.39. The molecule has 0 aliphatic carbocycles. The molecule has 2 saturated heterocycles. The van der Waals surface area contributed by atoms with Gasteiger partial charge in [-0.1, -0.05) is 5.21 Å². The first kappa shape index (κ1) is 19.1. The number of piperidine rings is 2. The molecule has 26 heavy (non-hydrogen) atoms. The molecule has 3 N–H and O–H groups in total. The number of aliphatic hydroxyl groups excluding tert-OH is 1. The van der Waals surface area contributed by atoms with Crippen molar-refractivity contribution < 1.29 is 9.90 Å². The van der Waals surface area contributed by atoms with Crippen molar-refractivity contribution >= 4 is 6.03 Å². The number of aliphatic hydroxyl groups is 1. The third-order valence-corrected chi connectivity index (χ3v) is 5.30. The van der Waals surface area contributed by atoms with E-state index in [9.17, 15) is 4.79 Å². The number of carbonyl (C=O) groups excluding carboxylic acids is 1. The molecule has 1 atom stereocenters. The summed E-state index contributed by atoms with van der Waals surface area (Å²) in [5.74, 6) is 0. The van der Waals surface area contributed by atoms with E-state index in [0.717, 1.165) is 32.2 Å². The third kappa shape index (κ3) is 4.54. The van der Waals surface area contributed by atoms with Gasteiger partial charge in [0.2, 0.25) is 0 Å². The predicted octanol–water partition coefficient (Wildman–Crippen LogP) is 1.43. The van der Waals surface area contributed by atoms with Crippen LogP contribution in [0.3, 0.4) is 0 Å². The highest BCUT2D eigenvalue weighted by Crippen LogP contribution is 2.29. The molecule has 1 aromatic rings. The van der Waals surface area contributed by atoms with E-state index in [0.29, 0.717) is 12.2 Å². The second-order valence-corrected chi connectivity index (χ2v) is 9.04. The van der Waals surface area contributed by atoms with Crippen LogP contribution >= 0.6 is 0 Å². The number of rotatable bonds is 3. The Kier molecular flexibility index (Phi) is 5.25. The van der Waals surface area contributed by atoms with Gasteiger partial charge in [0.1, 0.15) is 5.69 Å². The van der Waals surface area contributed by atoms with Crippen molar-refractivity contribution in [2.45, 2.75) is 83.1 Å². The maximum Gasteiger partial charge on any atom is 0.317 e. The molecule has 3 rings (SSSR count). The summed E-state index contributed by atoms with van der Waals surface area (Å²) in [6.07, 6.45) is 5.51. The third-order valence-electron chi connectivity index (χ3n) is 5.30. The first-order valence-electron chi connectivity index (χ1n) is 9.54. The number of aromatic nitrogens is 3. The normalized spacial score (nSPS) is 25.9. The van der Waals surface area contributed by atoms with Crippen LogP contribution in [-0.2, 0) is 6.61 Å². The van der Waals surface area contributed by atoms with E-state index in [1.165, 1.54) is 0 Å². The number of nitrogens with zero attached hydrogens (tertiary/aromatic N) is 4. The molecule has 1 unspecified atom stereocenters. The lowest BCUT2D eigenvalue weighted by atomic mass is 9.79. The van der Waals surface area contributed by atoms with Gasteiger partial charge in [-0.25, -0.2) is 9.48 Å². The van der Waals surface area contributed by atoms with Crippen LogP contribution in [0.15, 0.2) is 6.20 Å². The Bertz CT molecular complexity index is 625. The fourth-order valence-electron chi connectivity index (χ4n) is 4.61. The number of hydrogen-bond donors (Lipinski definition) is 3. The van der Waals surface area contributed by atoms with E-state index in [-0.39, 0.29) is 35.8 Å². The van der Waals surface area contributed by atoms with Crippen molar-refractivity contribution in [3.8, 4) is 0 Å². The van der Waals surface area contributed by atoms with Crippen LogP contribution in [0.5, 0.6) is 0 Å². The number of carbonyl (C=O) groups is 1. The molecule has 0 radical (unpaired) electrons. The summed E-state index contributed by atoms with van der Waals surface area (Å²) < 4.78 is 1.78. The zero-order valence-corrected chi connectivity index (χ0v) is 16.3. The van der Waals surface area contributed by atoms with Crippen molar-refractivity contribution in [2.75, 3.05) is 13.1 Å². The summed E-state index contributed by atoms with van der Waals surface area (Å²) in [7, 11) is 0. The van der Waals surface area contributed by atoms with Crippen LogP contribution in [0.2, 0.25) is 0 Å². The lowest BCUT2D eigenvalue weighted by Gasteiger charge is -2.47. The standard InChI is InChI=1S/C18H32N6O2/c1-17(2)8-13(9-18(3,4)21-17)19-16(26)23-7-5-6-15(11-23)24-10-14(12-25)20-22-24/h10,13,15,21,25H,5-9,11-12H2,1-4H3,(H,19,26). The minimum Gasteiger partial charge on any atom is -0.390 e. The van der Waals surface area contributed by atoms with E-state index in [1.807, 2.05) is 4.90 Å². The predicted molar refractivity (Wildman–Crippen MR) is 98.6 cm³/mol. The molecule has 1 aromatic heterocycles. The van der Waals surface area contributed by atoms with Gasteiger partial charge in [-0.15, -0.1) is 5.10 Å². The topological polar surface area (TPSA) is 95.3 Å². The van der Waals surface area contributed by atoms with E-state index >= 15 is 0 Å². The Labute approximate surface area is 155 Å². The van der Waals surface area contributed by atoms with E-state index in [1.54, 1.807) is 10.9 Å². The summed E-state index contributed by atoms with van der Waals surface area (Å²) in [4.78, 5) is 14.7. The number of nitrogens with one attached hydrogen (secondary N) is 2. The van der Waals surface area contributed by atoms with Crippen LogP contribution < -0.4 is 10.6 Å². The largest absolute Gasteiger partial charge is 0.390 e. The Morgan fingerprint density at radius 3 is 2.65 bits per heavy atom. The van der Waals surface area contributed by atoms with Gasteiger partial charge in [-0.05, 0) is 53.4 Å². The quantitative estimate of drug-likeness (QED) is 0.754. The number of hydrogen-bond acceptors (Lipinski definition) is 5. The summed E-state index contributed by atoms with van der Waals surface area (Å²) in [5, 5.41) is 24.1. The second-order valence-electron chi connectivity index (χ2n) is 9.04. The van der Waals surface area contributed by atoms with Crippen molar-refractivity contribution in [1.29, 1.82) is 0 Å². The van der Waals surface area contributed by atoms with Gasteiger partial charge in [0.25, 0.3) is 0 Å². The Morgan fingerprint density at radius 2 is 2.04 bits per heavy atom. The van der Waals surface area contributed by atoms with Crippen LogP contribution in [0, 0.1) is 0 Å². The molecule has 2 fully saturated rings. The van der Waals surface area contributed by atoms with Gasteiger partial charge in [0, 0.05) is 30.2 Å². The fourth-order valence-corrected chi connectivity index (χ4v) is 4.61. The molecule has 146 valence electrons. The zero-order valence-electron chi connectivity index (χ0n) is 16.3. The van der Waals surface area contributed by atoms with Gasteiger partial charge in [0.05, 0.1) is 18.8 Å². The van der Waals surface area contributed by atoms with Crippen molar-refractivity contribution in [2.24, 2.45) is 0 Å². The maximum atomic E-state index is 12.8. The molecular formula is C18H32N6O2. The van der Waals surface area contributed by atoms with Crippen LogP contribution in [0.25, 0.3) is 0 Å². The summed E-state index contributed by atoms with van der Waals surface area (Å²) in [6, 6.07) is 0.292. The molecule has 3 heterocycles. The molecule has 0 saturated carbocycles. The minimum atomic E-state index is -0.113. The van der Waals surface area contributed by atoms with Crippen molar-refractivity contribution in [3.05, 3.63) is 11.9 Å². The Morgan fingerprint density at radius 1 is 1.35 bits per heavy atom. The lowest BCUT2D eigenvalue weighted by Crippen LogP contribution is -2.63. The summed E-state index contributed by atoms with van der Waals surface area (Å²) >= 11 is 0. The first-order chi connectivity index (χ1) is 12.2. The molecule has 2 amide bonds. The van der Waals surface area contributed by atoms with Crippen molar-refractivity contribution in [1.82, 2.24) is 30.5 Å². The second kappa shape index (κ2) is 7.15. The molecule has 0 aromatic carbocycles. The smallest absolute Gasteiger partial charge is 0.317 e. The molecule has 2 aliphatic rings. The van der Waals surface area contributed by atoms with Gasteiger partial charge >= 0.3 is 6.03 Å². The van der Waals surface area contributed by atoms with Crippen molar-refractivity contribution in [3.63, 3.8) is 0 Å². The van der Waals surface area contributed by atoms with Crippen LogP contribution in [0.1, 0.15) is 65.1 Å². The zero-order chi connectivity index (χ0) is 18.9. The van der Waals surface area contributed by atoms with E-state index < -0.39 is 0 Å². The lowest BCUT2D eigenvalue weighted by molar-refractivity contribution is 0.129. The average molecular weight is 364 g/mol. The first-order valence-corrected chi connectivity index (χ1v) is 9.54. The van der Waals surface area contributed by atoms with Gasteiger partial charge < -0.3 is 20.6 Å². The molecule has 8 nitrogen and oxygen atoms in total. The maximum absolute atomic E-state index is 12.8. The van der Waals surface area contributed by atoms with E-state index in [4.69, 9.17) is 5.11 Å². The van der Waals surface area contributed by atoms with E-state index in [2.05, 4.69) is 48.6 Å². The molecule has 0 spiro atoms. The summed E-state index contributed by atoms with van der Waals surface area (Å²) in [6.45, 7) is 10.0. The number of amides is 2. The number of urea groups is 1. The molecular weight excluding hydrogens is 332 g/mol. The Balaban J connectivity index is 1.60.